The van der Waals surface area contributed by atoms with Gasteiger partial charge in [0.15, 0.2) is 0 Å². The Morgan fingerprint density at radius 2 is 1.58 bits per heavy atom. The summed E-state index contributed by atoms with van der Waals surface area (Å²) < 4.78 is 6.41. The Bertz CT molecular complexity index is 1420. The lowest BCUT2D eigenvalue weighted by Gasteiger charge is -2.08. The van der Waals surface area contributed by atoms with Gasteiger partial charge in [0.1, 0.15) is 5.58 Å². The topological polar surface area (TPSA) is 38.9 Å². The molecule has 0 N–H and O–H groups in total. The third-order valence-electron chi connectivity index (χ3n) is 6.16. The van der Waals surface area contributed by atoms with Crippen molar-refractivity contribution in [1.82, 2.24) is 9.97 Å². The van der Waals surface area contributed by atoms with Crippen LogP contribution in [0, 0.1) is 20.8 Å². The minimum Gasteiger partial charge on any atom is -0.437 e. The zero-order valence-corrected chi connectivity index (χ0v) is 18.7. The molecule has 0 amide bonds. The Balaban J connectivity index is 1.76. The largest absolute Gasteiger partial charge is 0.437 e. The summed E-state index contributed by atoms with van der Waals surface area (Å²) in [6.45, 7) is 10.8. The van der Waals surface area contributed by atoms with E-state index < -0.39 is 0 Å². The molecule has 2 aromatic carbocycles. The molecule has 3 nitrogen and oxygen atoms in total. The Morgan fingerprint density at radius 1 is 0.806 bits per heavy atom. The number of furan rings is 1. The van der Waals surface area contributed by atoms with Crippen LogP contribution in [0.5, 0.6) is 0 Å². The molecule has 0 aliphatic rings. The number of hydrogen-bond donors (Lipinski definition) is 0. The van der Waals surface area contributed by atoms with E-state index in [1.54, 1.807) is 0 Å². The molecule has 0 aliphatic heterocycles. The van der Waals surface area contributed by atoms with Crippen LogP contribution in [0.4, 0.5) is 0 Å². The normalized spacial score (nSPS) is 11.7. The number of benzene rings is 2. The maximum atomic E-state index is 6.41. The minimum atomic E-state index is 0.444. The molecule has 5 rings (SSSR count). The number of aromatic nitrogens is 2. The van der Waals surface area contributed by atoms with Crippen LogP contribution in [0.15, 0.2) is 65.2 Å². The number of aryl methyl sites for hydroxylation is 3. The van der Waals surface area contributed by atoms with Crippen molar-refractivity contribution in [3.8, 4) is 22.5 Å². The van der Waals surface area contributed by atoms with E-state index in [0.29, 0.717) is 11.6 Å². The predicted octanol–water partition coefficient (Wildman–Crippen LogP) is 7.76. The van der Waals surface area contributed by atoms with E-state index in [1.165, 1.54) is 27.8 Å². The average molecular weight is 407 g/mol. The van der Waals surface area contributed by atoms with Crippen LogP contribution in [-0.4, -0.2) is 9.97 Å². The lowest BCUT2D eigenvalue weighted by atomic mass is 9.98. The highest BCUT2D eigenvalue weighted by Gasteiger charge is 2.18. The van der Waals surface area contributed by atoms with E-state index in [0.717, 1.165) is 33.3 Å². The van der Waals surface area contributed by atoms with Crippen LogP contribution in [0.1, 0.15) is 42.0 Å². The van der Waals surface area contributed by atoms with Gasteiger partial charge in [-0.25, -0.2) is 4.98 Å². The van der Waals surface area contributed by atoms with Crippen LogP contribution >= 0.6 is 0 Å². The maximum Gasteiger partial charge on any atom is 0.227 e. The van der Waals surface area contributed by atoms with E-state index >= 15 is 0 Å². The summed E-state index contributed by atoms with van der Waals surface area (Å²) >= 11 is 0. The van der Waals surface area contributed by atoms with Gasteiger partial charge >= 0.3 is 0 Å². The third-order valence-corrected chi connectivity index (χ3v) is 6.16. The van der Waals surface area contributed by atoms with Crippen LogP contribution in [0.25, 0.3) is 44.6 Å². The summed E-state index contributed by atoms with van der Waals surface area (Å²) in [5.74, 6) is 0.444. The van der Waals surface area contributed by atoms with Crippen molar-refractivity contribution in [2.24, 2.45) is 0 Å². The molecule has 31 heavy (non-hydrogen) atoms. The summed E-state index contributed by atoms with van der Waals surface area (Å²) in [7, 11) is 0. The zero-order valence-electron chi connectivity index (χ0n) is 18.7. The lowest BCUT2D eigenvalue weighted by Crippen LogP contribution is -1.91. The molecule has 5 aromatic rings. The predicted molar refractivity (Wildman–Crippen MR) is 128 cm³/mol. The molecule has 0 aliphatic carbocycles. The first-order valence-corrected chi connectivity index (χ1v) is 10.8. The van der Waals surface area contributed by atoms with Crippen LogP contribution in [-0.2, 0) is 0 Å². The van der Waals surface area contributed by atoms with Crippen LogP contribution in [0.3, 0.4) is 0 Å². The zero-order chi connectivity index (χ0) is 21.7. The fraction of sp³-hybridized carbons (Fsp3) is 0.214. The molecule has 0 saturated carbocycles. The molecular formula is C28H26N2O. The highest BCUT2D eigenvalue weighted by atomic mass is 16.3. The standard InChI is InChI=1S/C28H26N2O/c1-16(2)20-13-14-29-24(15-20)21-10-9-19(5)26-22-11-12-23(30-28(22)31-27(21)26)25-17(3)7-6-8-18(25)4/h6-16H,1-5H3. The molecule has 0 spiro atoms. The molecule has 154 valence electrons. The van der Waals surface area contributed by atoms with Crippen molar-refractivity contribution in [3.63, 3.8) is 0 Å². The van der Waals surface area contributed by atoms with E-state index in [9.17, 15) is 0 Å². The molecule has 3 aromatic heterocycles. The highest BCUT2D eigenvalue weighted by molar-refractivity contribution is 6.10. The Labute approximate surface area is 182 Å². The van der Waals surface area contributed by atoms with Gasteiger partial charge in [0.25, 0.3) is 0 Å². The van der Waals surface area contributed by atoms with Crippen molar-refractivity contribution in [3.05, 3.63) is 83.0 Å². The molecule has 0 fully saturated rings. The molecule has 0 atom stereocenters. The van der Waals surface area contributed by atoms with Crippen molar-refractivity contribution in [1.29, 1.82) is 0 Å². The second kappa shape index (κ2) is 7.35. The fourth-order valence-corrected chi connectivity index (χ4v) is 4.44. The van der Waals surface area contributed by atoms with Crippen molar-refractivity contribution < 1.29 is 4.42 Å². The van der Waals surface area contributed by atoms with Crippen LogP contribution < -0.4 is 0 Å². The third kappa shape index (κ3) is 3.21. The first kappa shape index (κ1) is 19.5. The lowest BCUT2D eigenvalue weighted by molar-refractivity contribution is 0.655. The Hall–Kier alpha value is -3.46. The van der Waals surface area contributed by atoms with Crippen molar-refractivity contribution in [2.45, 2.75) is 40.5 Å². The van der Waals surface area contributed by atoms with Gasteiger partial charge in [-0.2, -0.15) is 0 Å². The summed E-state index contributed by atoms with van der Waals surface area (Å²) in [6, 6.07) is 19.1. The second-order valence-electron chi connectivity index (χ2n) is 8.68. The number of fused-ring (bicyclic) bond motifs is 3. The first-order chi connectivity index (χ1) is 14.9. The van der Waals surface area contributed by atoms with E-state index in [4.69, 9.17) is 9.40 Å². The number of pyridine rings is 2. The SMILES string of the molecule is Cc1cccc(C)c1-c1ccc2c(n1)oc1c(-c3cc(C(C)C)ccn3)ccc(C)c12. The van der Waals surface area contributed by atoms with Gasteiger partial charge in [-0.15, -0.1) is 0 Å². The van der Waals surface area contributed by atoms with Gasteiger partial charge in [0.05, 0.1) is 11.4 Å². The number of nitrogens with zero attached hydrogens (tertiary/aromatic N) is 2. The second-order valence-corrected chi connectivity index (χ2v) is 8.68. The smallest absolute Gasteiger partial charge is 0.227 e. The molecule has 3 heterocycles. The van der Waals surface area contributed by atoms with Gasteiger partial charge < -0.3 is 4.42 Å². The fourth-order valence-electron chi connectivity index (χ4n) is 4.44. The van der Waals surface area contributed by atoms with Gasteiger partial charge in [-0.05, 0) is 79.3 Å². The summed E-state index contributed by atoms with van der Waals surface area (Å²) in [5, 5.41) is 2.16. The molecule has 0 saturated heterocycles. The Morgan fingerprint density at radius 3 is 2.32 bits per heavy atom. The number of rotatable bonds is 3. The van der Waals surface area contributed by atoms with Gasteiger partial charge in [-0.1, -0.05) is 38.1 Å². The summed E-state index contributed by atoms with van der Waals surface area (Å²) in [5.41, 5.74) is 10.5. The maximum absolute atomic E-state index is 6.41. The van der Waals surface area contributed by atoms with Gasteiger partial charge in [0.2, 0.25) is 5.71 Å². The average Bonchev–Trinajstić information content (AvgIpc) is 3.13. The molecule has 0 unspecified atom stereocenters. The molecular weight excluding hydrogens is 380 g/mol. The van der Waals surface area contributed by atoms with Gasteiger partial charge in [0, 0.05) is 28.1 Å². The highest BCUT2D eigenvalue weighted by Crippen LogP contribution is 2.38. The Kier molecular flexibility index (Phi) is 4.62. The molecule has 0 radical (unpaired) electrons. The first-order valence-electron chi connectivity index (χ1n) is 10.8. The number of hydrogen-bond acceptors (Lipinski definition) is 3. The van der Waals surface area contributed by atoms with Crippen LogP contribution in [0.2, 0.25) is 0 Å². The summed E-state index contributed by atoms with van der Waals surface area (Å²) in [4.78, 5) is 9.59. The van der Waals surface area contributed by atoms with Crippen molar-refractivity contribution >= 4 is 22.1 Å². The van der Waals surface area contributed by atoms with E-state index in [1.807, 2.05) is 6.20 Å². The van der Waals surface area contributed by atoms with Crippen molar-refractivity contribution in [2.75, 3.05) is 0 Å². The quantitative estimate of drug-likeness (QED) is 0.307. The minimum absolute atomic E-state index is 0.444. The van der Waals surface area contributed by atoms with E-state index in [-0.39, 0.29) is 0 Å². The van der Waals surface area contributed by atoms with Gasteiger partial charge in [-0.3, -0.25) is 4.98 Å². The summed E-state index contributed by atoms with van der Waals surface area (Å²) in [6.07, 6.45) is 1.89. The molecule has 3 heteroatoms. The monoisotopic (exact) mass is 406 g/mol. The molecule has 0 bridgehead atoms. The van der Waals surface area contributed by atoms with E-state index in [2.05, 4.69) is 94.2 Å².